The van der Waals surface area contributed by atoms with Gasteiger partial charge in [0.05, 0.1) is 11.5 Å². The van der Waals surface area contributed by atoms with Crippen LogP contribution in [0.2, 0.25) is 0 Å². The second kappa shape index (κ2) is 7.56. The number of aromatic nitrogens is 2. The average Bonchev–Trinajstić information content (AvgIpc) is 2.61. The molecule has 1 fully saturated rings. The highest BCUT2D eigenvalue weighted by Crippen LogP contribution is 2.26. The van der Waals surface area contributed by atoms with Crippen molar-refractivity contribution in [2.45, 2.75) is 11.0 Å². The first kappa shape index (κ1) is 17.3. The van der Waals surface area contributed by atoms with Crippen LogP contribution in [0.1, 0.15) is 0 Å². The largest absolute Gasteiger partial charge is 0.461 e. The molecule has 2 heterocycles. The minimum Gasteiger partial charge on any atom is -0.461 e. The molecule has 9 heteroatoms. The Balaban J connectivity index is 1.68. The molecule has 0 radical (unpaired) electrons. The number of benzene rings is 1. The normalized spacial score (nSPS) is 19.1. The van der Waals surface area contributed by atoms with E-state index in [9.17, 15) is 8.42 Å². The molecule has 7 nitrogen and oxygen atoms in total. The van der Waals surface area contributed by atoms with Crippen LogP contribution in [0.5, 0.6) is 6.01 Å². The molecule has 1 aliphatic heterocycles. The van der Waals surface area contributed by atoms with Gasteiger partial charge in [0.1, 0.15) is 12.7 Å². The third kappa shape index (κ3) is 3.92. The van der Waals surface area contributed by atoms with Crippen LogP contribution in [0.25, 0.3) is 0 Å². The Labute approximate surface area is 148 Å². The molecule has 1 aromatic carbocycles. The molecule has 2 aromatic rings. The van der Waals surface area contributed by atoms with Crippen molar-refractivity contribution in [2.24, 2.45) is 0 Å². The minimum atomic E-state index is -3.59. The first-order valence-electron chi connectivity index (χ1n) is 7.33. The van der Waals surface area contributed by atoms with E-state index >= 15 is 0 Å². The summed E-state index contributed by atoms with van der Waals surface area (Å²) in [5.74, 6) is 0. The molecule has 24 heavy (non-hydrogen) atoms. The topological polar surface area (TPSA) is 81.6 Å². The third-order valence-electron chi connectivity index (χ3n) is 3.50. The molecule has 1 aliphatic rings. The highest BCUT2D eigenvalue weighted by atomic mass is 79.9. The van der Waals surface area contributed by atoms with Crippen molar-refractivity contribution in [1.82, 2.24) is 14.3 Å². The van der Waals surface area contributed by atoms with Gasteiger partial charge >= 0.3 is 6.01 Å². The van der Waals surface area contributed by atoms with Gasteiger partial charge in [0, 0.05) is 30.0 Å². The summed E-state index contributed by atoms with van der Waals surface area (Å²) in [4.78, 5) is 8.17. The van der Waals surface area contributed by atoms with Crippen LogP contribution >= 0.6 is 15.9 Å². The summed E-state index contributed by atoms with van der Waals surface area (Å²) in [6.45, 7) is 1.03. The molecule has 0 amide bonds. The maximum atomic E-state index is 12.8. The fourth-order valence-electron chi connectivity index (χ4n) is 2.33. The molecule has 1 atom stereocenters. The molecule has 0 bridgehead atoms. The maximum absolute atomic E-state index is 12.8. The van der Waals surface area contributed by atoms with Crippen LogP contribution in [-0.2, 0) is 14.8 Å². The zero-order chi connectivity index (χ0) is 17.0. The number of hydrogen-bond donors (Lipinski definition) is 0. The highest BCUT2D eigenvalue weighted by Gasteiger charge is 2.32. The predicted molar refractivity (Wildman–Crippen MR) is 90.2 cm³/mol. The minimum absolute atomic E-state index is 0.187. The number of hydrogen-bond acceptors (Lipinski definition) is 6. The Morgan fingerprint density at radius 2 is 2.00 bits per heavy atom. The van der Waals surface area contributed by atoms with E-state index in [1.165, 1.54) is 4.31 Å². The Hall–Kier alpha value is -1.55. The molecule has 1 aromatic heterocycles. The SMILES string of the molecule is O=S(=O)(c1ccccc1Br)N1CCOC(COc2ncccn2)C1. The highest BCUT2D eigenvalue weighted by molar-refractivity contribution is 9.10. The summed E-state index contributed by atoms with van der Waals surface area (Å²) in [6, 6.07) is 8.70. The molecule has 0 aliphatic carbocycles. The number of halogens is 1. The Morgan fingerprint density at radius 3 is 2.75 bits per heavy atom. The molecule has 0 N–H and O–H groups in total. The number of rotatable bonds is 5. The van der Waals surface area contributed by atoms with Gasteiger partial charge in [0.25, 0.3) is 0 Å². The summed E-state index contributed by atoms with van der Waals surface area (Å²) < 4.78 is 38.6. The number of nitrogens with zero attached hydrogens (tertiary/aromatic N) is 3. The van der Waals surface area contributed by atoms with Gasteiger partial charge in [-0.05, 0) is 34.1 Å². The first-order valence-corrected chi connectivity index (χ1v) is 9.57. The molecular weight excluding hydrogens is 398 g/mol. The Morgan fingerprint density at radius 1 is 1.25 bits per heavy atom. The van der Waals surface area contributed by atoms with E-state index in [2.05, 4.69) is 25.9 Å². The summed E-state index contributed by atoms with van der Waals surface area (Å²) in [6.07, 6.45) is 2.78. The second-order valence-corrected chi connectivity index (χ2v) is 7.89. The van der Waals surface area contributed by atoms with Crippen molar-refractivity contribution in [3.63, 3.8) is 0 Å². The van der Waals surface area contributed by atoms with Crippen molar-refractivity contribution in [2.75, 3.05) is 26.3 Å². The Bertz CT molecular complexity index is 788. The molecule has 3 rings (SSSR count). The van der Waals surface area contributed by atoms with Gasteiger partial charge < -0.3 is 9.47 Å². The van der Waals surface area contributed by atoms with Crippen molar-refractivity contribution in [3.05, 3.63) is 47.2 Å². The summed E-state index contributed by atoms with van der Waals surface area (Å²) in [5, 5.41) is 0. The fraction of sp³-hybridized carbons (Fsp3) is 0.333. The van der Waals surface area contributed by atoms with Gasteiger partial charge in [-0.25, -0.2) is 18.4 Å². The monoisotopic (exact) mass is 413 g/mol. The van der Waals surface area contributed by atoms with Gasteiger partial charge in [-0.15, -0.1) is 0 Å². The van der Waals surface area contributed by atoms with Gasteiger partial charge in [0.2, 0.25) is 10.0 Å². The van der Waals surface area contributed by atoms with Crippen molar-refractivity contribution < 1.29 is 17.9 Å². The van der Waals surface area contributed by atoms with Gasteiger partial charge in [0.15, 0.2) is 0 Å². The number of ether oxygens (including phenoxy) is 2. The lowest BCUT2D eigenvalue weighted by Gasteiger charge is -2.32. The van der Waals surface area contributed by atoms with E-state index in [1.807, 2.05) is 0 Å². The molecule has 1 saturated heterocycles. The van der Waals surface area contributed by atoms with Crippen LogP contribution in [0.15, 0.2) is 52.1 Å². The van der Waals surface area contributed by atoms with E-state index in [-0.39, 0.29) is 30.2 Å². The summed E-state index contributed by atoms with van der Waals surface area (Å²) in [7, 11) is -3.59. The van der Waals surface area contributed by atoms with Gasteiger partial charge in [-0.3, -0.25) is 0 Å². The van der Waals surface area contributed by atoms with E-state index in [0.717, 1.165) is 0 Å². The first-order chi connectivity index (χ1) is 11.6. The van der Waals surface area contributed by atoms with Crippen molar-refractivity contribution in [3.8, 4) is 6.01 Å². The zero-order valence-corrected chi connectivity index (χ0v) is 15.1. The van der Waals surface area contributed by atoms with Crippen LogP contribution in [0.4, 0.5) is 0 Å². The van der Waals surface area contributed by atoms with Crippen LogP contribution in [0.3, 0.4) is 0 Å². The number of sulfonamides is 1. The van der Waals surface area contributed by atoms with E-state index in [0.29, 0.717) is 17.6 Å². The quantitative estimate of drug-likeness (QED) is 0.741. The van der Waals surface area contributed by atoms with Crippen LogP contribution in [-0.4, -0.2) is 55.1 Å². The number of morpholine rings is 1. The van der Waals surface area contributed by atoms with Gasteiger partial charge in [-0.1, -0.05) is 12.1 Å². The molecular formula is C15H16BrN3O4S. The molecule has 0 saturated carbocycles. The van der Waals surface area contributed by atoms with Crippen LogP contribution in [0, 0.1) is 0 Å². The van der Waals surface area contributed by atoms with Crippen molar-refractivity contribution >= 4 is 26.0 Å². The van der Waals surface area contributed by atoms with E-state index in [4.69, 9.17) is 9.47 Å². The van der Waals surface area contributed by atoms with Crippen molar-refractivity contribution in [1.29, 1.82) is 0 Å². The Kier molecular flexibility index (Phi) is 5.44. The second-order valence-electron chi connectivity index (χ2n) is 5.13. The molecule has 1 unspecified atom stereocenters. The lowest BCUT2D eigenvalue weighted by atomic mass is 10.3. The molecule has 128 valence electrons. The lowest BCUT2D eigenvalue weighted by molar-refractivity contribution is -0.0265. The lowest BCUT2D eigenvalue weighted by Crippen LogP contribution is -2.47. The maximum Gasteiger partial charge on any atom is 0.316 e. The standard InChI is InChI=1S/C15H16BrN3O4S/c16-13-4-1-2-5-14(13)24(20,21)19-8-9-22-12(10-19)11-23-15-17-6-3-7-18-15/h1-7,12H,8-11H2. The average molecular weight is 414 g/mol. The fourth-order valence-corrected chi connectivity index (χ4v) is 4.75. The predicted octanol–water partition coefficient (Wildman–Crippen LogP) is 1.71. The summed E-state index contributed by atoms with van der Waals surface area (Å²) in [5.41, 5.74) is 0. The van der Waals surface area contributed by atoms with E-state index < -0.39 is 10.0 Å². The van der Waals surface area contributed by atoms with Crippen LogP contribution < -0.4 is 4.74 Å². The summed E-state index contributed by atoms with van der Waals surface area (Å²) >= 11 is 3.30. The third-order valence-corrected chi connectivity index (χ3v) is 6.37. The smallest absolute Gasteiger partial charge is 0.316 e. The van der Waals surface area contributed by atoms with E-state index in [1.54, 1.807) is 42.7 Å². The molecule has 0 spiro atoms. The zero-order valence-electron chi connectivity index (χ0n) is 12.7. The van der Waals surface area contributed by atoms with Gasteiger partial charge in [-0.2, -0.15) is 4.31 Å².